The molecule has 2 heterocycles. The molecular weight excluding hydrogens is 476 g/mol. The van der Waals surface area contributed by atoms with Crippen molar-refractivity contribution in [1.29, 1.82) is 0 Å². The first kappa shape index (κ1) is 23.9. The standard InChI is InChI=1S/C23H25ClN6O3S/c1-25-22(31)18-5-3-4-6-20(18)28-21-19(24)14-26-23(29-21)27-17-8-7-15-9-11-30(34(2,32)33)12-10-16(15)13-17/h3-8,13-14H,9-12H2,1-2H3,(H,25,31)(H2,26,27,28,29). The third-order valence-electron chi connectivity index (χ3n) is 5.59. The molecule has 1 aromatic heterocycles. The fraction of sp³-hybridized carbons (Fsp3) is 0.261. The molecule has 3 aromatic rings. The normalized spacial score (nSPS) is 14.1. The second kappa shape index (κ2) is 9.96. The largest absolute Gasteiger partial charge is 0.355 e. The lowest BCUT2D eigenvalue weighted by atomic mass is 10.0. The average molecular weight is 501 g/mol. The van der Waals surface area contributed by atoms with Crippen molar-refractivity contribution in [1.82, 2.24) is 19.6 Å². The first-order valence-corrected chi connectivity index (χ1v) is 12.9. The summed E-state index contributed by atoms with van der Waals surface area (Å²) in [6.45, 7) is 0.928. The van der Waals surface area contributed by atoms with Crippen molar-refractivity contribution in [2.75, 3.05) is 37.0 Å². The van der Waals surface area contributed by atoms with Gasteiger partial charge in [-0.25, -0.2) is 17.7 Å². The van der Waals surface area contributed by atoms with Crippen molar-refractivity contribution in [2.24, 2.45) is 0 Å². The van der Waals surface area contributed by atoms with Gasteiger partial charge in [0.2, 0.25) is 16.0 Å². The molecule has 178 valence electrons. The Bertz CT molecular complexity index is 1330. The number of anilines is 4. The van der Waals surface area contributed by atoms with E-state index in [1.807, 2.05) is 24.3 Å². The maximum Gasteiger partial charge on any atom is 0.253 e. The third-order valence-corrected chi connectivity index (χ3v) is 7.17. The number of aromatic nitrogens is 2. The van der Waals surface area contributed by atoms with Crippen LogP contribution >= 0.6 is 11.6 Å². The van der Waals surface area contributed by atoms with E-state index < -0.39 is 10.0 Å². The molecule has 0 atom stereocenters. The second-order valence-electron chi connectivity index (χ2n) is 7.91. The number of nitrogens with one attached hydrogen (secondary N) is 3. The number of sulfonamides is 1. The highest BCUT2D eigenvalue weighted by atomic mass is 35.5. The van der Waals surface area contributed by atoms with Crippen molar-refractivity contribution in [3.05, 3.63) is 70.4 Å². The summed E-state index contributed by atoms with van der Waals surface area (Å²) in [5.74, 6) is 0.454. The van der Waals surface area contributed by atoms with Crippen molar-refractivity contribution in [2.45, 2.75) is 12.8 Å². The van der Waals surface area contributed by atoms with E-state index in [9.17, 15) is 13.2 Å². The highest BCUT2D eigenvalue weighted by molar-refractivity contribution is 7.88. The molecular formula is C23H25ClN6O3S. The molecule has 0 unspecified atom stereocenters. The van der Waals surface area contributed by atoms with Crippen molar-refractivity contribution < 1.29 is 13.2 Å². The van der Waals surface area contributed by atoms with Crippen LogP contribution in [0.1, 0.15) is 21.5 Å². The number of amides is 1. The summed E-state index contributed by atoms with van der Waals surface area (Å²) in [6, 6.07) is 13.0. The van der Waals surface area contributed by atoms with Crippen molar-refractivity contribution in [3.8, 4) is 0 Å². The smallest absolute Gasteiger partial charge is 0.253 e. The number of nitrogens with zero attached hydrogens (tertiary/aromatic N) is 3. The number of halogens is 1. The van der Waals surface area contributed by atoms with E-state index in [0.717, 1.165) is 16.8 Å². The van der Waals surface area contributed by atoms with E-state index in [-0.39, 0.29) is 5.91 Å². The molecule has 0 aliphatic carbocycles. The molecule has 2 aromatic carbocycles. The van der Waals surface area contributed by atoms with E-state index in [0.29, 0.717) is 54.0 Å². The number of hydrogen-bond donors (Lipinski definition) is 3. The van der Waals surface area contributed by atoms with E-state index in [1.54, 1.807) is 25.2 Å². The van der Waals surface area contributed by atoms with E-state index in [1.165, 1.54) is 16.8 Å². The average Bonchev–Trinajstić information content (AvgIpc) is 3.03. The van der Waals surface area contributed by atoms with Gasteiger partial charge < -0.3 is 16.0 Å². The molecule has 0 fully saturated rings. The van der Waals surface area contributed by atoms with E-state index in [2.05, 4.69) is 25.9 Å². The van der Waals surface area contributed by atoms with Crippen LogP contribution in [-0.2, 0) is 22.9 Å². The summed E-state index contributed by atoms with van der Waals surface area (Å²) in [5.41, 5.74) is 4.02. The van der Waals surface area contributed by atoms with Crippen LogP contribution in [0, 0.1) is 0 Å². The summed E-state index contributed by atoms with van der Waals surface area (Å²) in [6.07, 6.45) is 4.02. The van der Waals surface area contributed by atoms with Crippen molar-refractivity contribution >= 4 is 50.7 Å². The molecule has 0 bridgehead atoms. The number of fused-ring (bicyclic) bond motifs is 1. The Labute approximate surface area is 203 Å². The summed E-state index contributed by atoms with van der Waals surface area (Å²) in [7, 11) is -1.65. The Balaban J connectivity index is 1.54. The van der Waals surface area contributed by atoms with Gasteiger partial charge in [-0.3, -0.25) is 4.79 Å². The Morgan fingerprint density at radius 3 is 2.53 bits per heavy atom. The number of rotatable bonds is 6. The molecule has 0 saturated heterocycles. The van der Waals surface area contributed by atoms with Gasteiger partial charge in [-0.2, -0.15) is 4.98 Å². The first-order valence-electron chi connectivity index (χ1n) is 10.7. The van der Waals surface area contributed by atoms with Crippen LogP contribution in [0.5, 0.6) is 0 Å². The zero-order valence-electron chi connectivity index (χ0n) is 18.8. The highest BCUT2D eigenvalue weighted by Gasteiger charge is 2.21. The van der Waals surface area contributed by atoms with Crippen molar-refractivity contribution in [3.63, 3.8) is 0 Å². The quantitative estimate of drug-likeness (QED) is 0.475. The van der Waals surface area contributed by atoms with Gasteiger partial charge >= 0.3 is 0 Å². The minimum Gasteiger partial charge on any atom is -0.355 e. The lowest BCUT2D eigenvalue weighted by molar-refractivity contribution is 0.0964. The SMILES string of the molecule is CNC(=O)c1ccccc1Nc1nc(Nc2ccc3c(c2)CCN(S(C)(=O)=O)CC3)ncc1Cl. The lowest BCUT2D eigenvalue weighted by Gasteiger charge is -2.16. The molecule has 34 heavy (non-hydrogen) atoms. The molecule has 0 radical (unpaired) electrons. The number of hydrogen-bond acceptors (Lipinski definition) is 7. The zero-order valence-corrected chi connectivity index (χ0v) is 20.4. The Morgan fingerprint density at radius 1 is 1.06 bits per heavy atom. The molecule has 1 aliphatic rings. The Kier molecular flexibility index (Phi) is 7.01. The van der Waals surface area contributed by atoms with Gasteiger partial charge in [0.1, 0.15) is 5.02 Å². The van der Waals surface area contributed by atoms with Crippen LogP contribution in [0.2, 0.25) is 5.02 Å². The monoisotopic (exact) mass is 500 g/mol. The molecule has 1 aliphatic heterocycles. The second-order valence-corrected chi connectivity index (χ2v) is 10.3. The number of carbonyl (C=O) groups is 1. The molecule has 9 nitrogen and oxygen atoms in total. The molecule has 0 spiro atoms. The maximum absolute atomic E-state index is 12.2. The summed E-state index contributed by atoms with van der Waals surface area (Å²) in [5, 5.41) is 9.22. The minimum absolute atomic E-state index is 0.231. The molecule has 11 heteroatoms. The van der Waals surface area contributed by atoms with Gasteiger partial charge in [0.05, 0.1) is 23.7 Å². The predicted molar refractivity (Wildman–Crippen MR) is 134 cm³/mol. The molecule has 4 rings (SSSR count). The van der Waals surface area contributed by atoms with Crippen LogP contribution in [-0.4, -0.2) is 55.0 Å². The fourth-order valence-corrected chi connectivity index (χ4v) is 4.79. The number of para-hydroxylation sites is 1. The lowest BCUT2D eigenvalue weighted by Crippen LogP contribution is -2.32. The third kappa shape index (κ3) is 5.46. The van der Waals surface area contributed by atoms with Crippen LogP contribution in [0.15, 0.2) is 48.7 Å². The summed E-state index contributed by atoms with van der Waals surface area (Å²) < 4.78 is 25.4. The fourth-order valence-electron chi connectivity index (χ4n) is 3.81. The van der Waals surface area contributed by atoms with E-state index >= 15 is 0 Å². The van der Waals surface area contributed by atoms with Gasteiger partial charge in [0.15, 0.2) is 5.82 Å². The Morgan fingerprint density at radius 2 is 1.79 bits per heavy atom. The molecule has 3 N–H and O–H groups in total. The Hall–Kier alpha value is -3.21. The summed E-state index contributed by atoms with van der Waals surface area (Å²) >= 11 is 6.31. The minimum atomic E-state index is -3.22. The summed E-state index contributed by atoms with van der Waals surface area (Å²) in [4.78, 5) is 20.9. The number of carbonyl (C=O) groups excluding carboxylic acids is 1. The first-order chi connectivity index (χ1) is 16.2. The van der Waals surface area contributed by atoms with Gasteiger partial charge in [-0.1, -0.05) is 29.8 Å². The van der Waals surface area contributed by atoms with Crippen LogP contribution in [0.3, 0.4) is 0 Å². The molecule has 0 saturated carbocycles. The molecule has 1 amide bonds. The van der Waals surface area contributed by atoms with Crippen LogP contribution in [0.4, 0.5) is 23.1 Å². The van der Waals surface area contributed by atoms with Gasteiger partial charge in [-0.05, 0) is 48.2 Å². The predicted octanol–water partition coefficient (Wildman–Crippen LogP) is 3.34. The van der Waals surface area contributed by atoms with Gasteiger partial charge in [0.25, 0.3) is 5.91 Å². The topological polar surface area (TPSA) is 116 Å². The number of benzene rings is 2. The van der Waals surface area contributed by atoms with Gasteiger partial charge in [-0.15, -0.1) is 0 Å². The van der Waals surface area contributed by atoms with Crippen LogP contribution in [0.25, 0.3) is 0 Å². The van der Waals surface area contributed by atoms with Crippen LogP contribution < -0.4 is 16.0 Å². The highest BCUT2D eigenvalue weighted by Crippen LogP contribution is 2.28. The zero-order chi connectivity index (χ0) is 24.3. The maximum atomic E-state index is 12.2. The van der Waals surface area contributed by atoms with Gasteiger partial charge in [0, 0.05) is 25.8 Å². The van der Waals surface area contributed by atoms with E-state index in [4.69, 9.17) is 11.6 Å².